The van der Waals surface area contributed by atoms with Gasteiger partial charge in [-0.2, -0.15) is 0 Å². The van der Waals surface area contributed by atoms with E-state index in [9.17, 15) is 5.11 Å². The first-order chi connectivity index (χ1) is 9.54. The minimum atomic E-state index is -0.707. The Morgan fingerprint density at radius 3 is 2.60 bits per heavy atom. The molecule has 6 heteroatoms. The molecule has 0 amide bonds. The van der Waals surface area contributed by atoms with Crippen molar-refractivity contribution < 1.29 is 5.11 Å². The summed E-state index contributed by atoms with van der Waals surface area (Å²) in [5, 5.41) is 19.4. The van der Waals surface area contributed by atoms with E-state index in [4.69, 9.17) is 0 Å². The fourth-order valence-electron chi connectivity index (χ4n) is 1.98. The van der Waals surface area contributed by atoms with Crippen molar-refractivity contribution in [1.29, 1.82) is 0 Å². The Kier molecular flexibility index (Phi) is 3.52. The summed E-state index contributed by atoms with van der Waals surface area (Å²) in [6.07, 6.45) is 5.88. The van der Waals surface area contributed by atoms with Gasteiger partial charge in [-0.05, 0) is 38.8 Å². The third-order valence-electron chi connectivity index (χ3n) is 3.07. The Balaban J connectivity index is 1.91. The second-order valence-electron chi connectivity index (χ2n) is 5.74. The first-order valence-electron chi connectivity index (χ1n) is 6.75. The zero-order valence-corrected chi connectivity index (χ0v) is 12.5. The molecule has 0 bridgehead atoms. The SMILES string of the molecule is CC(C)(O)CSc1nnc(-c2ccncc2)n1C1CC1. The Morgan fingerprint density at radius 2 is 2.00 bits per heavy atom. The van der Waals surface area contributed by atoms with Gasteiger partial charge in [0, 0.05) is 29.8 Å². The third kappa shape index (κ3) is 3.02. The van der Waals surface area contributed by atoms with Crippen LogP contribution in [0.2, 0.25) is 0 Å². The zero-order valence-electron chi connectivity index (χ0n) is 11.7. The van der Waals surface area contributed by atoms with E-state index in [-0.39, 0.29) is 0 Å². The standard InChI is InChI=1S/C14H18N4OS/c1-14(2,19)9-20-13-17-16-12(18(13)11-3-4-11)10-5-7-15-8-6-10/h5-8,11,19H,3-4,9H2,1-2H3. The minimum absolute atomic E-state index is 0.498. The predicted molar refractivity (Wildman–Crippen MR) is 78.5 cm³/mol. The molecule has 2 heterocycles. The molecule has 2 aromatic heterocycles. The van der Waals surface area contributed by atoms with E-state index in [1.807, 2.05) is 26.0 Å². The van der Waals surface area contributed by atoms with Crippen molar-refractivity contribution >= 4 is 11.8 Å². The van der Waals surface area contributed by atoms with Crippen LogP contribution in [-0.4, -0.2) is 36.2 Å². The van der Waals surface area contributed by atoms with Crippen LogP contribution in [0.25, 0.3) is 11.4 Å². The van der Waals surface area contributed by atoms with Crippen LogP contribution in [0, 0.1) is 0 Å². The number of thioether (sulfide) groups is 1. The molecule has 2 aromatic rings. The number of aromatic nitrogens is 4. The molecule has 1 aliphatic carbocycles. The average molecular weight is 290 g/mol. The molecule has 0 aromatic carbocycles. The van der Waals surface area contributed by atoms with Crippen molar-refractivity contribution in [3.63, 3.8) is 0 Å². The first kappa shape index (κ1) is 13.6. The van der Waals surface area contributed by atoms with Crippen LogP contribution in [0.15, 0.2) is 29.7 Å². The van der Waals surface area contributed by atoms with Gasteiger partial charge >= 0.3 is 0 Å². The maximum atomic E-state index is 9.86. The van der Waals surface area contributed by atoms with Gasteiger partial charge in [-0.15, -0.1) is 10.2 Å². The number of hydrogen-bond acceptors (Lipinski definition) is 5. The Morgan fingerprint density at radius 1 is 1.30 bits per heavy atom. The van der Waals surface area contributed by atoms with E-state index in [1.54, 1.807) is 24.2 Å². The lowest BCUT2D eigenvalue weighted by atomic mass is 10.2. The zero-order chi connectivity index (χ0) is 14.2. The van der Waals surface area contributed by atoms with Gasteiger partial charge < -0.3 is 5.11 Å². The Bertz CT molecular complexity index is 587. The molecule has 1 saturated carbocycles. The monoisotopic (exact) mass is 290 g/mol. The summed E-state index contributed by atoms with van der Waals surface area (Å²) < 4.78 is 2.20. The molecular formula is C14H18N4OS. The van der Waals surface area contributed by atoms with Crippen LogP contribution in [0.3, 0.4) is 0 Å². The molecule has 106 valence electrons. The van der Waals surface area contributed by atoms with Gasteiger partial charge in [0.15, 0.2) is 11.0 Å². The van der Waals surface area contributed by atoms with Gasteiger partial charge in [0.2, 0.25) is 0 Å². The van der Waals surface area contributed by atoms with Crippen molar-refractivity contribution in [3.05, 3.63) is 24.5 Å². The molecule has 0 unspecified atom stereocenters. The second-order valence-corrected chi connectivity index (χ2v) is 6.69. The van der Waals surface area contributed by atoms with Crippen molar-refractivity contribution in [2.24, 2.45) is 0 Å². The quantitative estimate of drug-likeness (QED) is 0.857. The number of rotatable bonds is 5. The van der Waals surface area contributed by atoms with Gasteiger partial charge in [0.05, 0.1) is 5.60 Å². The molecule has 1 N–H and O–H groups in total. The van der Waals surface area contributed by atoms with E-state index in [0.29, 0.717) is 11.8 Å². The van der Waals surface area contributed by atoms with Crippen LogP contribution in [-0.2, 0) is 0 Å². The lowest BCUT2D eigenvalue weighted by Crippen LogP contribution is -2.22. The van der Waals surface area contributed by atoms with Gasteiger partial charge in [0.25, 0.3) is 0 Å². The summed E-state index contributed by atoms with van der Waals surface area (Å²) in [7, 11) is 0. The van der Waals surface area contributed by atoms with E-state index < -0.39 is 5.60 Å². The highest BCUT2D eigenvalue weighted by molar-refractivity contribution is 7.99. The molecule has 20 heavy (non-hydrogen) atoms. The minimum Gasteiger partial charge on any atom is -0.390 e. The molecule has 0 aliphatic heterocycles. The summed E-state index contributed by atoms with van der Waals surface area (Å²) in [5.41, 5.74) is 0.330. The van der Waals surface area contributed by atoms with Gasteiger partial charge in [-0.3, -0.25) is 9.55 Å². The molecule has 0 atom stereocenters. The van der Waals surface area contributed by atoms with E-state index in [0.717, 1.165) is 16.5 Å². The maximum Gasteiger partial charge on any atom is 0.191 e. The van der Waals surface area contributed by atoms with Gasteiger partial charge in [0.1, 0.15) is 0 Å². The van der Waals surface area contributed by atoms with E-state index in [1.165, 1.54) is 12.8 Å². The van der Waals surface area contributed by atoms with Crippen LogP contribution in [0.1, 0.15) is 32.7 Å². The third-order valence-corrected chi connectivity index (χ3v) is 4.46. The van der Waals surface area contributed by atoms with Crippen molar-refractivity contribution in [3.8, 4) is 11.4 Å². The van der Waals surface area contributed by atoms with Gasteiger partial charge in [-0.1, -0.05) is 11.8 Å². The van der Waals surface area contributed by atoms with Crippen LogP contribution in [0.5, 0.6) is 0 Å². The molecule has 0 spiro atoms. The highest BCUT2D eigenvalue weighted by atomic mass is 32.2. The van der Waals surface area contributed by atoms with Crippen LogP contribution in [0.4, 0.5) is 0 Å². The smallest absolute Gasteiger partial charge is 0.191 e. The maximum absolute atomic E-state index is 9.86. The second kappa shape index (κ2) is 5.18. The molecule has 1 fully saturated rings. The van der Waals surface area contributed by atoms with Crippen LogP contribution >= 0.6 is 11.8 Å². The fourth-order valence-corrected chi connectivity index (χ4v) is 2.93. The first-order valence-corrected chi connectivity index (χ1v) is 7.74. The Labute approximate surface area is 122 Å². The summed E-state index contributed by atoms with van der Waals surface area (Å²) in [6, 6.07) is 4.40. The summed E-state index contributed by atoms with van der Waals surface area (Å²) in [4.78, 5) is 4.04. The summed E-state index contributed by atoms with van der Waals surface area (Å²) in [6.45, 7) is 3.61. The molecular weight excluding hydrogens is 272 g/mol. The van der Waals surface area contributed by atoms with Crippen molar-refractivity contribution in [2.75, 3.05) is 5.75 Å². The highest BCUT2D eigenvalue weighted by Gasteiger charge is 2.30. The normalized spacial score (nSPS) is 15.6. The van der Waals surface area contributed by atoms with Crippen molar-refractivity contribution in [2.45, 2.75) is 43.5 Å². The lowest BCUT2D eigenvalue weighted by Gasteiger charge is -2.16. The number of nitrogens with zero attached hydrogens (tertiary/aromatic N) is 4. The summed E-state index contributed by atoms with van der Waals surface area (Å²) in [5.74, 6) is 1.50. The number of aliphatic hydroxyl groups is 1. The molecule has 0 saturated heterocycles. The van der Waals surface area contributed by atoms with Crippen LogP contribution < -0.4 is 0 Å². The highest BCUT2D eigenvalue weighted by Crippen LogP contribution is 2.41. The largest absolute Gasteiger partial charge is 0.390 e. The van der Waals surface area contributed by atoms with E-state index in [2.05, 4.69) is 19.7 Å². The molecule has 3 rings (SSSR count). The van der Waals surface area contributed by atoms with Gasteiger partial charge in [-0.25, -0.2) is 0 Å². The van der Waals surface area contributed by atoms with Crippen molar-refractivity contribution in [1.82, 2.24) is 19.7 Å². The number of pyridine rings is 1. The predicted octanol–water partition coefficient (Wildman–Crippen LogP) is 2.54. The molecule has 0 radical (unpaired) electrons. The number of hydrogen-bond donors (Lipinski definition) is 1. The topological polar surface area (TPSA) is 63.8 Å². The Hall–Kier alpha value is -1.40. The fraction of sp³-hybridized carbons (Fsp3) is 0.500. The molecule has 1 aliphatic rings. The molecule has 5 nitrogen and oxygen atoms in total. The van der Waals surface area contributed by atoms with E-state index >= 15 is 0 Å². The average Bonchev–Trinajstić information content (AvgIpc) is 3.16. The lowest BCUT2D eigenvalue weighted by molar-refractivity contribution is 0.107. The summed E-state index contributed by atoms with van der Waals surface area (Å²) >= 11 is 1.56.